The first-order valence-corrected chi connectivity index (χ1v) is 10.1. The lowest BCUT2D eigenvalue weighted by atomic mass is 9.83. The Hall–Kier alpha value is -2.68. The lowest BCUT2D eigenvalue weighted by Crippen LogP contribution is -2.62. The van der Waals surface area contributed by atoms with Gasteiger partial charge in [0.25, 0.3) is 0 Å². The van der Waals surface area contributed by atoms with Crippen LogP contribution in [-0.2, 0) is 16.2 Å². The molecule has 0 atom stereocenters. The van der Waals surface area contributed by atoms with Crippen molar-refractivity contribution in [3.05, 3.63) is 59.4 Å². The number of ether oxygens (including phenoxy) is 1. The van der Waals surface area contributed by atoms with E-state index in [0.29, 0.717) is 6.07 Å². The van der Waals surface area contributed by atoms with E-state index in [0.717, 1.165) is 28.6 Å². The molecule has 0 unspecified atom stereocenters. The quantitative estimate of drug-likeness (QED) is 0.692. The zero-order chi connectivity index (χ0) is 22.2. The number of alkyl halides is 3. The largest absolute Gasteiger partial charge is 0.493 e. The predicted molar refractivity (Wildman–Crippen MR) is 96.3 cm³/mol. The van der Waals surface area contributed by atoms with E-state index in [4.69, 9.17) is 10.00 Å². The predicted octanol–water partition coefficient (Wildman–Crippen LogP) is 2.78. The summed E-state index contributed by atoms with van der Waals surface area (Å²) in [6.45, 7) is -0.953. The summed E-state index contributed by atoms with van der Waals surface area (Å²) in [5, 5.41) is 18.4. The minimum atomic E-state index is -4.68. The monoisotopic (exact) mass is 444 g/mol. The van der Waals surface area contributed by atoms with E-state index in [2.05, 4.69) is 0 Å². The van der Waals surface area contributed by atoms with Gasteiger partial charge < -0.3 is 9.84 Å². The standard InChI is InChI=1S/C19H16F4N2O4S/c20-17-7-15(5-4-13(17)8-24)29-12-18(11-26)9-25(10-18)30(27,28)16-3-1-2-14(6-16)19(21,22)23/h1-7,26H,9-12H2. The second-order valence-corrected chi connectivity index (χ2v) is 8.94. The molecule has 0 saturated carbocycles. The average molecular weight is 444 g/mol. The lowest BCUT2D eigenvalue weighted by molar-refractivity contribution is -0.137. The Morgan fingerprint density at radius 2 is 1.90 bits per heavy atom. The van der Waals surface area contributed by atoms with E-state index in [-0.39, 0.29) is 31.0 Å². The maximum atomic E-state index is 13.7. The Balaban J connectivity index is 1.70. The molecule has 0 spiro atoms. The Labute approximate surface area is 170 Å². The fraction of sp³-hybridized carbons (Fsp3) is 0.316. The fourth-order valence-electron chi connectivity index (χ4n) is 3.00. The van der Waals surface area contributed by atoms with Gasteiger partial charge in [0.15, 0.2) is 0 Å². The molecule has 0 aromatic heterocycles. The molecule has 0 aliphatic carbocycles. The fourth-order valence-corrected chi connectivity index (χ4v) is 4.72. The summed E-state index contributed by atoms with van der Waals surface area (Å²) in [6, 6.07) is 8.67. The molecule has 1 saturated heterocycles. The van der Waals surface area contributed by atoms with Crippen molar-refractivity contribution < 1.29 is 35.8 Å². The Morgan fingerprint density at radius 3 is 2.47 bits per heavy atom. The SMILES string of the molecule is N#Cc1ccc(OCC2(CO)CN(S(=O)(=O)c3cccc(C(F)(F)F)c3)C2)cc1F. The third-order valence-electron chi connectivity index (χ3n) is 4.76. The van der Waals surface area contributed by atoms with Gasteiger partial charge in [-0.05, 0) is 30.3 Å². The Morgan fingerprint density at radius 1 is 1.20 bits per heavy atom. The van der Waals surface area contributed by atoms with E-state index < -0.39 is 44.5 Å². The number of sulfonamides is 1. The van der Waals surface area contributed by atoms with Gasteiger partial charge in [-0.1, -0.05) is 6.07 Å². The van der Waals surface area contributed by atoms with Crippen LogP contribution in [0.5, 0.6) is 5.75 Å². The second kappa shape index (κ2) is 7.86. The van der Waals surface area contributed by atoms with Gasteiger partial charge in [0, 0.05) is 19.2 Å². The molecular formula is C19H16F4N2O4S. The van der Waals surface area contributed by atoms with Crippen LogP contribution < -0.4 is 4.74 Å². The van der Waals surface area contributed by atoms with Gasteiger partial charge in [-0.25, -0.2) is 12.8 Å². The average Bonchev–Trinajstić information content (AvgIpc) is 2.67. The van der Waals surface area contributed by atoms with Crippen LogP contribution in [0.2, 0.25) is 0 Å². The molecule has 0 radical (unpaired) electrons. The first-order valence-electron chi connectivity index (χ1n) is 8.61. The number of hydrogen-bond donors (Lipinski definition) is 1. The number of nitriles is 1. The summed E-state index contributed by atoms with van der Waals surface area (Å²) in [6.07, 6.45) is -4.68. The minimum absolute atomic E-state index is 0.0958. The normalized spacial score (nSPS) is 16.5. The van der Waals surface area contributed by atoms with E-state index in [9.17, 15) is 31.1 Å². The molecule has 0 bridgehead atoms. The number of aliphatic hydroxyl groups excluding tert-OH is 1. The lowest BCUT2D eigenvalue weighted by Gasteiger charge is -2.47. The van der Waals surface area contributed by atoms with Crippen molar-refractivity contribution in [1.29, 1.82) is 5.26 Å². The highest BCUT2D eigenvalue weighted by Crippen LogP contribution is 2.37. The highest BCUT2D eigenvalue weighted by atomic mass is 32.2. The smallest absolute Gasteiger partial charge is 0.416 e. The van der Waals surface area contributed by atoms with E-state index in [1.165, 1.54) is 12.1 Å². The Kier molecular flexibility index (Phi) is 5.77. The number of nitrogens with zero attached hydrogens (tertiary/aromatic N) is 2. The van der Waals surface area contributed by atoms with E-state index >= 15 is 0 Å². The number of halogens is 4. The summed E-state index contributed by atoms with van der Waals surface area (Å²) in [5.41, 5.74) is -2.23. The molecule has 11 heteroatoms. The number of aliphatic hydroxyl groups is 1. The second-order valence-electron chi connectivity index (χ2n) is 7.00. The minimum Gasteiger partial charge on any atom is -0.493 e. The molecule has 2 aromatic rings. The van der Waals surface area contributed by atoms with Crippen molar-refractivity contribution in [2.75, 3.05) is 26.3 Å². The zero-order valence-corrected chi connectivity index (χ0v) is 16.2. The van der Waals surface area contributed by atoms with Crippen LogP contribution >= 0.6 is 0 Å². The Bertz CT molecular complexity index is 1090. The zero-order valence-electron chi connectivity index (χ0n) is 15.4. The van der Waals surface area contributed by atoms with Crippen LogP contribution in [0.1, 0.15) is 11.1 Å². The van der Waals surface area contributed by atoms with Crippen LogP contribution in [0.4, 0.5) is 17.6 Å². The van der Waals surface area contributed by atoms with Crippen LogP contribution in [0.3, 0.4) is 0 Å². The van der Waals surface area contributed by atoms with Gasteiger partial charge in [0.2, 0.25) is 10.0 Å². The van der Waals surface area contributed by atoms with Crippen molar-refractivity contribution in [1.82, 2.24) is 4.31 Å². The first-order chi connectivity index (χ1) is 14.0. The number of benzene rings is 2. The number of hydrogen-bond acceptors (Lipinski definition) is 5. The molecule has 2 aromatic carbocycles. The molecule has 3 rings (SSSR count). The maximum absolute atomic E-state index is 13.7. The summed E-state index contributed by atoms with van der Waals surface area (Å²) in [5.74, 6) is -0.686. The van der Waals surface area contributed by atoms with Crippen molar-refractivity contribution in [3.8, 4) is 11.8 Å². The molecule has 0 amide bonds. The van der Waals surface area contributed by atoms with Gasteiger partial charge in [0.05, 0.1) is 34.7 Å². The number of rotatable bonds is 6. The van der Waals surface area contributed by atoms with Crippen molar-refractivity contribution >= 4 is 10.0 Å². The summed E-state index contributed by atoms with van der Waals surface area (Å²) < 4.78 is 83.9. The highest BCUT2D eigenvalue weighted by Gasteiger charge is 2.49. The van der Waals surface area contributed by atoms with Gasteiger partial charge in [-0.15, -0.1) is 0 Å². The molecule has 1 fully saturated rings. The molecule has 1 aliphatic rings. The van der Waals surface area contributed by atoms with Gasteiger partial charge in [-0.2, -0.15) is 22.7 Å². The van der Waals surface area contributed by atoms with Crippen LogP contribution in [0, 0.1) is 22.6 Å². The van der Waals surface area contributed by atoms with Crippen LogP contribution in [0.15, 0.2) is 47.4 Å². The first kappa shape index (κ1) is 22.0. The van der Waals surface area contributed by atoms with Gasteiger partial charge >= 0.3 is 6.18 Å². The van der Waals surface area contributed by atoms with Crippen LogP contribution in [-0.4, -0.2) is 44.1 Å². The molecule has 1 aliphatic heterocycles. The van der Waals surface area contributed by atoms with Crippen LogP contribution in [0.25, 0.3) is 0 Å². The maximum Gasteiger partial charge on any atom is 0.416 e. The summed E-state index contributed by atoms with van der Waals surface area (Å²) >= 11 is 0. The molecule has 30 heavy (non-hydrogen) atoms. The third-order valence-corrected chi connectivity index (χ3v) is 6.55. The van der Waals surface area contributed by atoms with Crippen molar-refractivity contribution in [2.24, 2.45) is 5.41 Å². The van der Waals surface area contributed by atoms with E-state index in [1.807, 2.05) is 0 Å². The highest BCUT2D eigenvalue weighted by molar-refractivity contribution is 7.89. The van der Waals surface area contributed by atoms with Crippen molar-refractivity contribution in [2.45, 2.75) is 11.1 Å². The molecular weight excluding hydrogens is 428 g/mol. The van der Waals surface area contributed by atoms with Gasteiger partial charge in [0.1, 0.15) is 17.6 Å². The molecule has 160 valence electrons. The third kappa shape index (κ3) is 4.26. The molecule has 1 heterocycles. The summed E-state index contributed by atoms with van der Waals surface area (Å²) in [7, 11) is -4.19. The molecule has 6 nitrogen and oxygen atoms in total. The van der Waals surface area contributed by atoms with Crippen molar-refractivity contribution in [3.63, 3.8) is 0 Å². The molecule has 1 N–H and O–H groups in total. The van der Waals surface area contributed by atoms with E-state index in [1.54, 1.807) is 6.07 Å². The van der Waals surface area contributed by atoms with Gasteiger partial charge in [-0.3, -0.25) is 0 Å². The summed E-state index contributed by atoms with van der Waals surface area (Å²) in [4.78, 5) is -0.501. The topological polar surface area (TPSA) is 90.6 Å².